The molecule has 1 aromatic rings. The topological polar surface area (TPSA) is 50.4 Å². The van der Waals surface area contributed by atoms with E-state index in [1.165, 1.54) is 30.4 Å². The Kier molecular flexibility index (Phi) is 4.69. The second-order valence-corrected chi connectivity index (χ2v) is 6.55. The van der Waals surface area contributed by atoms with Crippen molar-refractivity contribution in [2.24, 2.45) is 16.6 Å². The SMILES string of the molecule is CC(C)CNC(N)=NCC1(C)CCCc2ccccc21. The van der Waals surface area contributed by atoms with Crippen molar-refractivity contribution in [2.45, 2.75) is 45.4 Å². The van der Waals surface area contributed by atoms with Gasteiger partial charge in [-0.25, -0.2) is 0 Å². The summed E-state index contributed by atoms with van der Waals surface area (Å²) in [5, 5.41) is 3.19. The van der Waals surface area contributed by atoms with Gasteiger partial charge >= 0.3 is 0 Å². The Balaban J connectivity index is 2.07. The van der Waals surface area contributed by atoms with Gasteiger partial charge in [0.05, 0.1) is 6.54 Å². The number of benzene rings is 1. The van der Waals surface area contributed by atoms with E-state index in [1.54, 1.807) is 0 Å². The van der Waals surface area contributed by atoms with Crippen LogP contribution in [0.25, 0.3) is 0 Å². The molecule has 20 heavy (non-hydrogen) atoms. The second kappa shape index (κ2) is 6.29. The lowest BCUT2D eigenvalue weighted by Gasteiger charge is -2.34. The van der Waals surface area contributed by atoms with Crippen molar-refractivity contribution in [2.75, 3.05) is 13.1 Å². The Hall–Kier alpha value is -1.51. The third kappa shape index (κ3) is 3.53. The molecular weight excluding hydrogens is 246 g/mol. The molecule has 0 heterocycles. The normalized spacial score (nSPS) is 22.7. The van der Waals surface area contributed by atoms with Crippen LogP contribution in [0.4, 0.5) is 0 Å². The van der Waals surface area contributed by atoms with E-state index in [-0.39, 0.29) is 5.41 Å². The molecule has 1 aromatic carbocycles. The highest BCUT2D eigenvalue weighted by Crippen LogP contribution is 2.37. The van der Waals surface area contributed by atoms with Crippen LogP contribution in [-0.2, 0) is 11.8 Å². The van der Waals surface area contributed by atoms with E-state index >= 15 is 0 Å². The van der Waals surface area contributed by atoms with Crippen molar-refractivity contribution in [3.8, 4) is 0 Å². The minimum Gasteiger partial charge on any atom is -0.370 e. The van der Waals surface area contributed by atoms with E-state index in [9.17, 15) is 0 Å². The standard InChI is InChI=1S/C17H27N3/c1-13(2)11-19-16(18)20-12-17(3)10-6-8-14-7-4-5-9-15(14)17/h4-5,7,9,13H,6,8,10-12H2,1-3H3,(H3,18,19,20). The summed E-state index contributed by atoms with van der Waals surface area (Å²) in [5.41, 5.74) is 9.01. The molecule has 1 unspecified atom stereocenters. The third-order valence-electron chi connectivity index (χ3n) is 4.13. The smallest absolute Gasteiger partial charge is 0.188 e. The summed E-state index contributed by atoms with van der Waals surface area (Å²) in [6.07, 6.45) is 3.61. The van der Waals surface area contributed by atoms with Gasteiger partial charge in [0.15, 0.2) is 5.96 Å². The number of rotatable bonds is 4. The van der Waals surface area contributed by atoms with Gasteiger partial charge in [-0.15, -0.1) is 0 Å². The Morgan fingerprint density at radius 3 is 2.90 bits per heavy atom. The lowest BCUT2D eigenvalue weighted by molar-refractivity contribution is 0.404. The summed E-state index contributed by atoms with van der Waals surface area (Å²) in [6.45, 7) is 8.28. The zero-order valence-corrected chi connectivity index (χ0v) is 12.9. The van der Waals surface area contributed by atoms with Crippen LogP contribution in [0.15, 0.2) is 29.3 Å². The quantitative estimate of drug-likeness (QED) is 0.654. The number of aliphatic imine (C=N–C) groups is 1. The summed E-state index contributed by atoms with van der Waals surface area (Å²) < 4.78 is 0. The molecular formula is C17H27N3. The molecule has 0 aliphatic heterocycles. The monoisotopic (exact) mass is 273 g/mol. The van der Waals surface area contributed by atoms with Crippen LogP contribution in [0.3, 0.4) is 0 Å². The van der Waals surface area contributed by atoms with Gasteiger partial charge in [0, 0.05) is 12.0 Å². The van der Waals surface area contributed by atoms with Gasteiger partial charge in [0.25, 0.3) is 0 Å². The van der Waals surface area contributed by atoms with Crippen LogP contribution in [0.5, 0.6) is 0 Å². The van der Waals surface area contributed by atoms with E-state index in [0.29, 0.717) is 11.9 Å². The van der Waals surface area contributed by atoms with Gasteiger partial charge in [-0.3, -0.25) is 4.99 Å². The predicted octanol–water partition coefficient (Wildman–Crippen LogP) is 2.84. The van der Waals surface area contributed by atoms with Crippen molar-refractivity contribution >= 4 is 5.96 Å². The van der Waals surface area contributed by atoms with Crippen LogP contribution in [-0.4, -0.2) is 19.0 Å². The van der Waals surface area contributed by atoms with Gasteiger partial charge in [0.1, 0.15) is 0 Å². The number of nitrogens with two attached hydrogens (primary N) is 1. The van der Waals surface area contributed by atoms with Gasteiger partial charge < -0.3 is 11.1 Å². The zero-order chi connectivity index (χ0) is 14.6. The molecule has 0 radical (unpaired) electrons. The molecule has 0 aromatic heterocycles. The summed E-state index contributed by atoms with van der Waals surface area (Å²) in [4.78, 5) is 4.57. The van der Waals surface area contributed by atoms with E-state index in [2.05, 4.69) is 55.3 Å². The van der Waals surface area contributed by atoms with E-state index < -0.39 is 0 Å². The number of aryl methyl sites for hydroxylation is 1. The fourth-order valence-electron chi connectivity index (χ4n) is 2.92. The van der Waals surface area contributed by atoms with Crippen LogP contribution in [0.2, 0.25) is 0 Å². The number of hydrogen-bond donors (Lipinski definition) is 2. The highest BCUT2D eigenvalue weighted by molar-refractivity contribution is 5.77. The van der Waals surface area contributed by atoms with Crippen LogP contribution in [0.1, 0.15) is 44.7 Å². The van der Waals surface area contributed by atoms with Crippen molar-refractivity contribution in [3.63, 3.8) is 0 Å². The maximum Gasteiger partial charge on any atom is 0.188 e. The molecule has 0 saturated carbocycles. The van der Waals surface area contributed by atoms with Gasteiger partial charge in [0.2, 0.25) is 0 Å². The zero-order valence-electron chi connectivity index (χ0n) is 12.9. The Morgan fingerprint density at radius 2 is 2.15 bits per heavy atom. The molecule has 0 bridgehead atoms. The van der Waals surface area contributed by atoms with Gasteiger partial charge in [-0.2, -0.15) is 0 Å². The average molecular weight is 273 g/mol. The Labute approximate surface area is 122 Å². The summed E-state index contributed by atoms with van der Waals surface area (Å²) in [6, 6.07) is 8.76. The molecule has 0 fully saturated rings. The Morgan fingerprint density at radius 1 is 1.40 bits per heavy atom. The van der Waals surface area contributed by atoms with E-state index in [0.717, 1.165) is 13.1 Å². The summed E-state index contributed by atoms with van der Waals surface area (Å²) in [5.74, 6) is 1.15. The largest absolute Gasteiger partial charge is 0.370 e. The van der Waals surface area contributed by atoms with Crippen molar-refractivity contribution in [1.29, 1.82) is 0 Å². The molecule has 1 aliphatic rings. The first-order valence-corrected chi connectivity index (χ1v) is 7.63. The highest BCUT2D eigenvalue weighted by Gasteiger charge is 2.31. The van der Waals surface area contributed by atoms with Crippen molar-refractivity contribution < 1.29 is 0 Å². The molecule has 3 N–H and O–H groups in total. The minimum absolute atomic E-state index is 0.124. The third-order valence-corrected chi connectivity index (χ3v) is 4.13. The molecule has 1 aliphatic carbocycles. The lowest BCUT2D eigenvalue weighted by atomic mass is 9.71. The predicted molar refractivity (Wildman–Crippen MR) is 86.1 cm³/mol. The number of fused-ring (bicyclic) bond motifs is 1. The molecule has 0 spiro atoms. The van der Waals surface area contributed by atoms with E-state index in [1.807, 2.05) is 0 Å². The number of guanidine groups is 1. The lowest BCUT2D eigenvalue weighted by Crippen LogP contribution is -2.37. The molecule has 3 nitrogen and oxygen atoms in total. The van der Waals surface area contributed by atoms with Crippen molar-refractivity contribution in [3.05, 3.63) is 35.4 Å². The Bertz CT molecular complexity index is 479. The first-order valence-electron chi connectivity index (χ1n) is 7.63. The average Bonchev–Trinajstić information content (AvgIpc) is 2.44. The number of nitrogens with one attached hydrogen (secondary N) is 1. The molecule has 0 amide bonds. The van der Waals surface area contributed by atoms with Crippen LogP contribution >= 0.6 is 0 Å². The molecule has 1 atom stereocenters. The number of nitrogens with zero attached hydrogens (tertiary/aromatic N) is 1. The maximum absolute atomic E-state index is 5.96. The summed E-state index contributed by atoms with van der Waals surface area (Å²) in [7, 11) is 0. The van der Waals surface area contributed by atoms with Crippen molar-refractivity contribution in [1.82, 2.24) is 5.32 Å². The maximum atomic E-state index is 5.96. The number of hydrogen-bond acceptors (Lipinski definition) is 1. The highest BCUT2D eigenvalue weighted by atomic mass is 15.1. The second-order valence-electron chi connectivity index (χ2n) is 6.55. The molecule has 110 valence electrons. The summed E-state index contributed by atoms with van der Waals surface area (Å²) >= 11 is 0. The molecule has 0 saturated heterocycles. The molecule has 2 rings (SSSR count). The van der Waals surface area contributed by atoms with Crippen LogP contribution in [0, 0.1) is 5.92 Å². The fourth-order valence-corrected chi connectivity index (χ4v) is 2.92. The fraction of sp³-hybridized carbons (Fsp3) is 0.588. The van der Waals surface area contributed by atoms with Crippen LogP contribution < -0.4 is 11.1 Å². The van der Waals surface area contributed by atoms with Gasteiger partial charge in [-0.1, -0.05) is 45.0 Å². The first-order chi connectivity index (χ1) is 9.51. The van der Waals surface area contributed by atoms with Gasteiger partial charge in [-0.05, 0) is 36.3 Å². The first kappa shape index (κ1) is 14.9. The van der Waals surface area contributed by atoms with E-state index in [4.69, 9.17) is 5.73 Å². The minimum atomic E-state index is 0.124. The molecule has 3 heteroatoms.